The summed E-state index contributed by atoms with van der Waals surface area (Å²) in [5.74, 6) is -5.24. The van der Waals surface area contributed by atoms with Gasteiger partial charge in [-0.2, -0.15) is 0 Å². The van der Waals surface area contributed by atoms with Crippen molar-refractivity contribution in [3.05, 3.63) is 5.82 Å². The second-order valence-electron chi connectivity index (χ2n) is 3.32. The van der Waals surface area contributed by atoms with Gasteiger partial charge >= 0.3 is 5.97 Å². The van der Waals surface area contributed by atoms with E-state index in [1.807, 2.05) is 0 Å². The van der Waals surface area contributed by atoms with Gasteiger partial charge in [0.2, 0.25) is 0 Å². The second-order valence-corrected chi connectivity index (χ2v) is 3.32. The molecule has 6 nitrogen and oxygen atoms in total. The van der Waals surface area contributed by atoms with Crippen molar-refractivity contribution in [3.8, 4) is 0 Å². The van der Waals surface area contributed by atoms with Gasteiger partial charge in [0.25, 0.3) is 5.92 Å². The molecule has 84 valence electrons. The van der Waals surface area contributed by atoms with Crippen molar-refractivity contribution < 1.29 is 18.7 Å². The third kappa shape index (κ3) is 2.93. The molecule has 1 heterocycles. The van der Waals surface area contributed by atoms with Crippen LogP contribution in [-0.2, 0) is 11.3 Å². The number of hydrogen-bond donors (Lipinski definition) is 1. The molecule has 0 spiro atoms. The van der Waals surface area contributed by atoms with E-state index < -0.39 is 24.4 Å². The Morgan fingerprint density at radius 1 is 1.67 bits per heavy atom. The molecule has 0 aromatic carbocycles. The summed E-state index contributed by atoms with van der Waals surface area (Å²) in [7, 11) is 0. The summed E-state index contributed by atoms with van der Waals surface area (Å²) in [4.78, 5) is 10.6. The highest BCUT2D eigenvalue weighted by atomic mass is 19.3. The van der Waals surface area contributed by atoms with Gasteiger partial charge in [0.1, 0.15) is 12.5 Å². The topological polar surface area (TPSA) is 80.9 Å². The van der Waals surface area contributed by atoms with Gasteiger partial charge in [-0.05, 0) is 17.4 Å². The van der Waals surface area contributed by atoms with E-state index in [9.17, 15) is 13.6 Å². The van der Waals surface area contributed by atoms with Crippen LogP contribution < -0.4 is 0 Å². The zero-order valence-corrected chi connectivity index (χ0v) is 8.18. The average molecular weight is 220 g/mol. The molecule has 0 radical (unpaired) electrons. The number of aliphatic carboxylic acids is 1. The monoisotopic (exact) mass is 220 g/mol. The standard InChI is InChI=1S/C7H10F2N4O2/c1-4(6(14)15)5-10-11-12-13(5)3-7(2,8)9/h4H,3H2,1-2H3,(H,14,15). The van der Waals surface area contributed by atoms with Crippen LogP contribution in [0.2, 0.25) is 0 Å². The van der Waals surface area contributed by atoms with Crippen LogP contribution in [0.25, 0.3) is 0 Å². The lowest BCUT2D eigenvalue weighted by atomic mass is 10.2. The third-order valence-electron chi connectivity index (χ3n) is 1.74. The molecule has 1 aromatic heterocycles. The number of carboxylic acids is 1. The number of hydrogen-bond acceptors (Lipinski definition) is 4. The SMILES string of the molecule is CC(C(=O)O)c1nnnn1CC(C)(F)F. The minimum absolute atomic E-state index is 0.0796. The van der Waals surface area contributed by atoms with Gasteiger partial charge in [0.15, 0.2) is 5.82 Å². The van der Waals surface area contributed by atoms with Crippen molar-refractivity contribution in [2.24, 2.45) is 0 Å². The zero-order valence-electron chi connectivity index (χ0n) is 8.18. The number of alkyl halides is 2. The quantitative estimate of drug-likeness (QED) is 0.799. The van der Waals surface area contributed by atoms with E-state index in [2.05, 4.69) is 15.5 Å². The minimum Gasteiger partial charge on any atom is -0.481 e. The van der Waals surface area contributed by atoms with Crippen molar-refractivity contribution >= 4 is 5.97 Å². The molecule has 0 fully saturated rings. The Morgan fingerprint density at radius 2 is 2.27 bits per heavy atom. The van der Waals surface area contributed by atoms with E-state index in [0.717, 1.165) is 4.68 Å². The third-order valence-corrected chi connectivity index (χ3v) is 1.74. The first kappa shape index (κ1) is 11.5. The fourth-order valence-electron chi connectivity index (χ4n) is 1.01. The minimum atomic E-state index is -2.98. The fraction of sp³-hybridized carbons (Fsp3) is 0.714. The first-order chi connectivity index (χ1) is 6.81. The molecule has 1 atom stereocenters. The van der Waals surface area contributed by atoms with Gasteiger partial charge in [-0.1, -0.05) is 0 Å². The first-order valence-electron chi connectivity index (χ1n) is 4.18. The zero-order chi connectivity index (χ0) is 11.6. The maximum absolute atomic E-state index is 12.7. The summed E-state index contributed by atoms with van der Waals surface area (Å²) < 4.78 is 26.1. The molecule has 0 bridgehead atoms. The summed E-state index contributed by atoms with van der Waals surface area (Å²) >= 11 is 0. The Balaban J connectivity index is 2.92. The summed E-state index contributed by atoms with van der Waals surface area (Å²) in [5.41, 5.74) is 0. The van der Waals surface area contributed by atoms with Crippen molar-refractivity contribution in [2.45, 2.75) is 32.2 Å². The highest BCUT2D eigenvalue weighted by Gasteiger charge is 2.28. The maximum Gasteiger partial charge on any atom is 0.314 e. The Hall–Kier alpha value is -1.60. The molecule has 15 heavy (non-hydrogen) atoms. The van der Waals surface area contributed by atoms with Crippen LogP contribution in [0.15, 0.2) is 0 Å². The molecule has 0 saturated carbocycles. The van der Waals surface area contributed by atoms with Gasteiger partial charge in [-0.15, -0.1) is 5.10 Å². The number of carboxylic acid groups (broad SMARTS) is 1. The molecule has 1 aromatic rings. The van der Waals surface area contributed by atoms with Crippen LogP contribution in [0.3, 0.4) is 0 Å². The summed E-state index contributed by atoms with van der Waals surface area (Å²) in [5, 5.41) is 18.6. The van der Waals surface area contributed by atoms with E-state index in [1.165, 1.54) is 6.92 Å². The van der Waals surface area contributed by atoms with Gasteiger partial charge in [0, 0.05) is 6.92 Å². The number of halogens is 2. The van der Waals surface area contributed by atoms with Gasteiger partial charge in [-0.3, -0.25) is 4.79 Å². The normalized spacial score (nSPS) is 13.9. The van der Waals surface area contributed by atoms with Gasteiger partial charge in [0.05, 0.1) is 0 Å². The largest absolute Gasteiger partial charge is 0.481 e. The van der Waals surface area contributed by atoms with Gasteiger partial charge < -0.3 is 5.11 Å². The van der Waals surface area contributed by atoms with E-state index in [4.69, 9.17) is 5.11 Å². The second kappa shape index (κ2) is 3.87. The number of nitrogens with zero attached hydrogens (tertiary/aromatic N) is 4. The lowest BCUT2D eigenvalue weighted by Gasteiger charge is -2.12. The Kier molecular flexibility index (Phi) is 2.96. The number of aromatic nitrogens is 4. The van der Waals surface area contributed by atoms with Gasteiger partial charge in [-0.25, -0.2) is 13.5 Å². The lowest BCUT2D eigenvalue weighted by molar-refractivity contribution is -0.138. The average Bonchev–Trinajstić information content (AvgIpc) is 2.47. The number of rotatable bonds is 4. The van der Waals surface area contributed by atoms with E-state index in [-0.39, 0.29) is 5.82 Å². The molecule has 0 aliphatic heterocycles. The predicted molar refractivity (Wildman–Crippen MR) is 44.5 cm³/mol. The Bertz CT molecular complexity index is 360. The number of tetrazole rings is 1. The van der Waals surface area contributed by atoms with E-state index in [1.54, 1.807) is 0 Å². The molecular weight excluding hydrogens is 210 g/mol. The van der Waals surface area contributed by atoms with Crippen molar-refractivity contribution in [3.63, 3.8) is 0 Å². The first-order valence-corrected chi connectivity index (χ1v) is 4.18. The molecule has 0 saturated heterocycles. The van der Waals surface area contributed by atoms with E-state index >= 15 is 0 Å². The molecular formula is C7H10F2N4O2. The van der Waals surface area contributed by atoms with Crippen molar-refractivity contribution in [1.29, 1.82) is 0 Å². The van der Waals surface area contributed by atoms with Crippen molar-refractivity contribution in [1.82, 2.24) is 20.2 Å². The molecule has 8 heteroatoms. The van der Waals surface area contributed by atoms with Crippen LogP contribution >= 0.6 is 0 Å². The maximum atomic E-state index is 12.7. The fourth-order valence-corrected chi connectivity index (χ4v) is 1.01. The molecule has 0 amide bonds. The smallest absolute Gasteiger partial charge is 0.314 e. The Morgan fingerprint density at radius 3 is 2.73 bits per heavy atom. The molecule has 1 rings (SSSR count). The summed E-state index contributed by atoms with van der Waals surface area (Å²) in [6.07, 6.45) is 0. The van der Waals surface area contributed by atoms with Crippen molar-refractivity contribution in [2.75, 3.05) is 0 Å². The van der Waals surface area contributed by atoms with E-state index in [0.29, 0.717) is 6.92 Å². The van der Waals surface area contributed by atoms with Crippen LogP contribution in [-0.4, -0.2) is 37.2 Å². The highest BCUT2D eigenvalue weighted by molar-refractivity contribution is 5.74. The van der Waals surface area contributed by atoms with Crippen LogP contribution in [0.1, 0.15) is 25.6 Å². The molecule has 0 aliphatic rings. The molecule has 1 unspecified atom stereocenters. The van der Waals surface area contributed by atoms with Crippen LogP contribution in [0.5, 0.6) is 0 Å². The lowest BCUT2D eigenvalue weighted by Crippen LogP contribution is -2.24. The molecule has 0 aliphatic carbocycles. The number of carbonyl (C=O) groups is 1. The highest BCUT2D eigenvalue weighted by Crippen LogP contribution is 2.17. The Labute approximate surface area is 83.9 Å². The van der Waals surface area contributed by atoms with Crippen LogP contribution in [0.4, 0.5) is 8.78 Å². The molecule has 1 N–H and O–H groups in total. The van der Waals surface area contributed by atoms with Crippen LogP contribution in [0, 0.1) is 0 Å². The predicted octanol–water partition coefficient (Wildman–Crippen LogP) is 0.516. The summed E-state index contributed by atoms with van der Waals surface area (Å²) in [6, 6.07) is 0. The summed E-state index contributed by atoms with van der Waals surface area (Å²) in [6.45, 7) is 1.31.